The average Bonchev–Trinajstić information content (AvgIpc) is 2.80. The smallest absolute Gasteiger partial charge is 0.149 e. The van der Waals surface area contributed by atoms with Crippen LogP contribution in [0.3, 0.4) is 0 Å². The largest absolute Gasteiger partial charge is 0.508 e. The molecule has 1 aromatic rings. The van der Waals surface area contributed by atoms with Gasteiger partial charge < -0.3 is 20.6 Å². The normalized spacial score (nSPS) is 13.9. The summed E-state index contributed by atoms with van der Waals surface area (Å²) in [6.45, 7) is 8.72. The molecule has 0 bridgehead atoms. The molecule has 0 aliphatic rings. The molecule has 1 rings (SSSR count). The number of hydrogen-bond donors (Lipinski definition) is 3. The number of rotatable bonds is 13. The minimum absolute atomic E-state index is 0.203. The number of aromatic hydroxyl groups is 1. The zero-order valence-electron chi connectivity index (χ0n) is 22.1. The van der Waals surface area contributed by atoms with Gasteiger partial charge >= 0.3 is 0 Å². The maximum Gasteiger partial charge on any atom is 0.149 e. The molecule has 7 nitrogen and oxygen atoms in total. The Bertz CT molecular complexity index is 864. The number of amidine groups is 2. The standard InChI is InChI=1S/C27H44N6O/c1-8-30-19-10-9-18-27(2,3)26(29-5)32-25(24(28-4)12-11-21-33(6)7)31-20-17-22-13-15-23(34)16-14-22/h9-10,12-16,19,28,34H,8,11,17-18,20-21H2,1-7H3,(H,29,31,32). The summed E-state index contributed by atoms with van der Waals surface area (Å²) >= 11 is 0. The molecule has 1 aromatic carbocycles. The van der Waals surface area contributed by atoms with E-state index in [-0.39, 0.29) is 11.2 Å². The third kappa shape index (κ3) is 11.3. The predicted octanol–water partition coefficient (Wildman–Crippen LogP) is 4.07. The Kier molecular flexibility index (Phi) is 13.5. The average molecular weight is 469 g/mol. The molecule has 0 fully saturated rings. The molecule has 0 unspecified atom stereocenters. The molecule has 0 radical (unpaired) electrons. The van der Waals surface area contributed by atoms with Crippen LogP contribution >= 0.6 is 0 Å². The van der Waals surface area contributed by atoms with Crippen molar-refractivity contribution in [2.45, 2.75) is 40.0 Å². The zero-order valence-corrected chi connectivity index (χ0v) is 22.1. The van der Waals surface area contributed by atoms with Crippen LogP contribution in [-0.2, 0) is 6.42 Å². The van der Waals surface area contributed by atoms with Crippen LogP contribution in [0, 0.1) is 5.41 Å². The van der Waals surface area contributed by atoms with Crippen molar-refractivity contribution in [3.8, 4) is 5.75 Å². The van der Waals surface area contributed by atoms with Crippen LogP contribution in [-0.4, -0.2) is 75.7 Å². The predicted molar refractivity (Wildman–Crippen MR) is 147 cm³/mol. The van der Waals surface area contributed by atoms with Crippen molar-refractivity contribution in [3.05, 3.63) is 53.8 Å². The fraction of sp³-hybridized carbons (Fsp3) is 0.519. The number of nitrogens with zero attached hydrogens (tertiary/aromatic N) is 4. The molecule has 0 saturated heterocycles. The number of likely N-dealkylation sites (N-methyl/N-ethyl adjacent to an activating group) is 1. The second-order valence-corrected chi connectivity index (χ2v) is 8.97. The fourth-order valence-electron chi connectivity index (χ4n) is 3.26. The summed E-state index contributed by atoms with van der Waals surface area (Å²) < 4.78 is 0. The number of phenolic OH excluding ortho intramolecular Hbond substituents is 1. The molecule has 0 amide bonds. The van der Waals surface area contributed by atoms with Crippen LogP contribution in [0.2, 0.25) is 0 Å². The summed E-state index contributed by atoms with van der Waals surface area (Å²) in [5.41, 5.74) is 1.88. The summed E-state index contributed by atoms with van der Waals surface area (Å²) in [7, 11) is 7.87. The van der Waals surface area contributed by atoms with E-state index in [1.165, 1.54) is 0 Å². The summed E-state index contributed by atoms with van der Waals surface area (Å²) in [6, 6.07) is 7.28. The molecule has 3 N–H and O–H groups in total. The third-order valence-electron chi connectivity index (χ3n) is 5.30. The second kappa shape index (κ2) is 15.8. The molecule has 0 saturated carbocycles. The van der Waals surface area contributed by atoms with Gasteiger partial charge in [-0.3, -0.25) is 15.0 Å². The van der Waals surface area contributed by atoms with Crippen LogP contribution < -0.4 is 10.6 Å². The van der Waals surface area contributed by atoms with Crippen LogP contribution in [0.1, 0.15) is 39.2 Å². The van der Waals surface area contributed by atoms with Gasteiger partial charge in [0.1, 0.15) is 17.4 Å². The Morgan fingerprint density at radius 1 is 1.18 bits per heavy atom. The van der Waals surface area contributed by atoms with E-state index < -0.39 is 0 Å². The number of hydrogen-bond acceptors (Lipinski definition) is 6. The van der Waals surface area contributed by atoms with Gasteiger partial charge in [0, 0.05) is 45.4 Å². The van der Waals surface area contributed by atoms with Gasteiger partial charge in [0.05, 0.1) is 5.70 Å². The maximum absolute atomic E-state index is 9.52. The summed E-state index contributed by atoms with van der Waals surface area (Å²) in [5.74, 6) is 1.93. The van der Waals surface area contributed by atoms with E-state index in [2.05, 4.69) is 65.6 Å². The van der Waals surface area contributed by atoms with Crippen molar-refractivity contribution in [2.24, 2.45) is 20.4 Å². The summed E-state index contributed by atoms with van der Waals surface area (Å²) in [5, 5.41) is 16.4. The Balaban J connectivity index is 3.09. The van der Waals surface area contributed by atoms with Gasteiger partial charge in [-0.2, -0.15) is 0 Å². The molecule has 188 valence electrons. The van der Waals surface area contributed by atoms with E-state index >= 15 is 0 Å². The lowest BCUT2D eigenvalue weighted by molar-refractivity contribution is 0.417. The van der Waals surface area contributed by atoms with E-state index in [0.29, 0.717) is 6.54 Å². The number of allylic oxidation sites excluding steroid dienone is 2. The van der Waals surface area contributed by atoms with Crippen molar-refractivity contribution in [3.63, 3.8) is 0 Å². The van der Waals surface area contributed by atoms with E-state index in [1.54, 1.807) is 12.1 Å². The van der Waals surface area contributed by atoms with E-state index in [9.17, 15) is 5.11 Å². The van der Waals surface area contributed by atoms with E-state index in [4.69, 9.17) is 4.99 Å². The second-order valence-electron chi connectivity index (χ2n) is 8.97. The van der Waals surface area contributed by atoms with Crippen molar-refractivity contribution in [1.29, 1.82) is 0 Å². The quantitative estimate of drug-likeness (QED) is 0.301. The Hall–Kier alpha value is -2.93. The number of phenols is 1. The van der Waals surface area contributed by atoms with Gasteiger partial charge in [-0.15, -0.1) is 0 Å². The van der Waals surface area contributed by atoms with Crippen LogP contribution in [0.25, 0.3) is 0 Å². The first kappa shape index (κ1) is 29.1. The lowest BCUT2D eigenvalue weighted by atomic mass is 9.87. The van der Waals surface area contributed by atoms with Gasteiger partial charge in [-0.05, 0) is 64.1 Å². The molecular weight excluding hydrogens is 424 g/mol. The summed E-state index contributed by atoms with van der Waals surface area (Å²) in [4.78, 5) is 15.9. The molecule has 0 aliphatic heterocycles. The monoisotopic (exact) mass is 468 g/mol. The lowest BCUT2D eigenvalue weighted by Crippen LogP contribution is -2.43. The minimum Gasteiger partial charge on any atom is -0.508 e. The fourth-order valence-corrected chi connectivity index (χ4v) is 3.26. The Morgan fingerprint density at radius 3 is 2.47 bits per heavy atom. The van der Waals surface area contributed by atoms with Crippen molar-refractivity contribution in [2.75, 3.05) is 47.8 Å². The highest BCUT2D eigenvalue weighted by Gasteiger charge is 2.25. The molecule has 7 heteroatoms. The lowest BCUT2D eigenvalue weighted by Gasteiger charge is -2.27. The first-order valence-electron chi connectivity index (χ1n) is 12.0. The Labute approximate surface area is 206 Å². The van der Waals surface area contributed by atoms with Gasteiger partial charge in [0.2, 0.25) is 0 Å². The van der Waals surface area contributed by atoms with E-state index in [0.717, 1.165) is 55.3 Å². The molecule has 0 spiro atoms. The van der Waals surface area contributed by atoms with Gasteiger partial charge in [0.15, 0.2) is 0 Å². The molecule has 0 aromatic heterocycles. The van der Waals surface area contributed by atoms with E-state index in [1.807, 2.05) is 45.4 Å². The van der Waals surface area contributed by atoms with Crippen LogP contribution in [0.4, 0.5) is 0 Å². The zero-order chi connectivity index (χ0) is 25.4. The van der Waals surface area contributed by atoms with Crippen molar-refractivity contribution < 1.29 is 5.11 Å². The first-order valence-corrected chi connectivity index (χ1v) is 12.0. The highest BCUT2D eigenvalue weighted by Crippen LogP contribution is 2.22. The summed E-state index contributed by atoms with van der Waals surface area (Å²) in [6.07, 6.45) is 10.6. The molecular formula is C27H44N6O. The molecule has 0 heterocycles. The number of aliphatic imine (C=N–C) groups is 3. The van der Waals surface area contributed by atoms with Crippen LogP contribution in [0.5, 0.6) is 5.75 Å². The molecule has 34 heavy (non-hydrogen) atoms. The topological polar surface area (TPSA) is 84.6 Å². The highest BCUT2D eigenvalue weighted by atomic mass is 16.3. The van der Waals surface area contributed by atoms with Gasteiger partial charge in [-0.1, -0.05) is 38.1 Å². The number of benzene rings is 1. The minimum atomic E-state index is -0.203. The molecule has 0 atom stereocenters. The molecule has 0 aliphatic carbocycles. The highest BCUT2D eigenvalue weighted by molar-refractivity contribution is 6.10. The SMILES string of the molecule is CCN=CC=CCC(C)(C)C(=NC)NC(=NCCc1ccc(O)cc1)C(=CCCN(C)C)NC. The van der Waals surface area contributed by atoms with Gasteiger partial charge in [-0.25, -0.2) is 0 Å². The number of nitrogens with one attached hydrogen (secondary N) is 2. The first-order chi connectivity index (χ1) is 16.2. The third-order valence-corrected chi connectivity index (χ3v) is 5.30. The van der Waals surface area contributed by atoms with Crippen molar-refractivity contribution >= 4 is 17.9 Å². The van der Waals surface area contributed by atoms with Crippen LogP contribution in [0.15, 0.2) is 63.2 Å². The maximum atomic E-state index is 9.52. The van der Waals surface area contributed by atoms with Gasteiger partial charge in [0.25, 0.3) is 0 Å². The Morgan fingerprint density at radius 2 is 1.88 bits per heavy atom. The van der Waals surface area contributed by atoms with Crippen molar-refractivity contribution in [1.82, 2.24) is 15.5 Å².